The summed E-state index contributed by atoms with van der Waals surface area (Å²) in [6.07, 6.45) is 2.88. The van der Waals surface area contributed by atoms with Gasteiger partial charge in [0.05, 0.1) is 12.6 Å². The molecule has 0 unspecified atom stereocenters. The summed E-state index contributed by atoms with van der Waals surface area (Å²) in [5.74, 6) is 2.45. The molecule has 4 rings (SSSR count). The number of ether oxygens (including phenoxy) is 1. The highest BCUT2D eigenvalue weighted by Gasteiger charge is 2.16. The second-order valence-electron chi connectivity index (χ2n) is 6.55. The summed E-state index contributed by atoms with van der Waals surface area (Å²) in [6.45, 7) is 1.93. The van der Waals surface area contributed by atoms with Crippen LogP contribution in [0, 0.1) is 6.92 Å². The first-order valence-corrected chi connectivity index (χ1v) is 8.92. The minimum atomic E-state index is 0. The Balaban J connectivity index is 0.00000225. The molecule has 0 amide bonds. The van der Waals surface area contributed by atoms with Crippen molar-refractivity contribution in [2.45, 2.75) is 13.3 Å². The van der Waals surface area contributed by atoms with Crippen LogP contribution in [0.5, 0.6) is 5.75 Å². The number of aryl methyl sites for hydroxylation is 1. The number of rotatable bonds is 5. The maximum atomic E-state index is 5.25. The molecule has 1 N–H and O–H groups in total. The first-order chi connectivity index (χ1) is 13.2. The number of aromatic amines is 1. The van der Waals surface area contributed by atoms with Crippen LogP contribution in [0.25, 0.3) is 11.0 Å². The van der Waals surface area contributed by atoms with Crippen molar-refractivity contribution in [1.29, 1.82) is 0 Å². The van der Waals surface area contributed by atoms with Gasteiger partial charge in [-0.15, -0.1) is 12.4 Å². The van der Waals surface area contributed by atoms with Crippen molar-refractivity contribution >= 4 is 34.9 Å². The predicted octanol–water partition coefficient (Wildman–Crippen LogP) is 5.06. The number of hydrogen-bond donors (Lipinski definition) is 1. The van der Waals surface area contributed by atoms with E-state index in [4.69, 9.17) is 14.7 Å². The molecule has 0 fully saturated rings. The molecule has 4 aromatic rings. The van der Waals surface area contributed by atoms with Crippen molar-refractivity contribution < 1.29 is 4.74 Å². The number of aromatic nitrogens is 3. The summed E-state index contributed by atoms with van der Waals surface area (Å²) in [5.41, 5.74) is 5.40. The molecule has 0 bridgehead atoms. The Labute approximate surface area is 170 Å². The third-order valence-electron chi connectivity index (χ3n) is 4.71. The number of halogens is 1. The van der Waals surface area contributed by atoms with Gasteiger partial charge in [-0.05, 0) is 36.8 Å². The molecule has 0 radical (unpaired) electrons. The van der Waals surface area contributed by atoms with Crippen molar-refractivity contribution in [1.82, 2.24) is 15.0 Å². The summed E-state index contributed by atoms with van der Waals surface area (Å²) in [4.78, 5) is 14.9. The molecule has 5 nitrogen and oxygen atoms in total. The normalized spacial score (nSPS) is 10.5. The number of fused-ring (bicyclic) bond motifs is 1. The molecule has 2 aromatic heterocycles. The highest BCUT2D eigenvalue weighted by atomic mass is 35.5. The SMILES string of the molecule is COc1ccc(N(C)c2nc(C)nc3c(Cc4ccccc4)c[nH]c23)cc1.Cl. The molecule has 0 atom stereocenters. The summed E-state index contributed by atoms with van der Waals surface area (Å²) in [6, 6.07) is 18.4. The molecule has 2 aromatic carbocycles. The van der Waals surface area contributed by atoms with E-state index in [1.54, 1.807) is 7.11 Å². The minimum absolute atomic E-state index is 0. The van der Waals surface area contributed by atoms with Gasteiger partial charge >= 0.3 is 0 Å². The number of benzene rings is 2. The fourth-order valence-electron chi connectivity index (χ4n) is 3.27. The van der Waals surface area contributed by atoms with Crippen LogP contribution in [0.4, 0.5) is 11.5 Å². The first-order valence-electron chi connectivity index (χ1n) is 8.92. The molecule has 144 valence electrons. The van der Waals surface area contributed by atoms with Gasteiger partial charge in [0.2, 0.25) is 0 Å². The molecular weight excluding hydrogens is 372 g/mol. The summed E-state index contributed by atoms with van der Waals surface area (Å²) < 4.78 is 5.25. The average Bonchev–Trinajstić information content (AvgIpc) is 3.10. The Morgan fingerprint density at radius 1 is 1.00 bits per heavy atom. The Kier molecular flexibility index (Phi) is 5.85. The van der Waals surface area contributed by atoms with Gasteiger partial charge in [0.25, 0.3) is 0 Å². The lowest BCUT2D eigenvalue weighted by molar-refractivity contribution is 0.415. The van der Waals surface area contributed by atoms with E-state index in [2.05, 4.69) is 34.1 Å². The van der Waals surface area contributed by atoms with Gasteiger partial charge in [-0.25, -0.2) is 9.97 Å². The zero-order chi connectivity index (χ0) is 18.8. The third kappa shape index (κ3) is 3.80. The number of nitrogens with zero attached hydrogens (tertiary/aromatic N) is 3. The maximum absolute atomic E-state index is 5.25. The van der Waals surface area contributed by atoms with Gasteiger partial charge in [0.15, 0.2) is 5.82 Å². The fraction of sp³-hybridized carbons (Fsp3) is 0.182. The minimum Gasteiger partial charge on any atom is -0.497 e. The lowest BCUT2D eigenvalue weighted by Crippen LogP contribution is -2.13. The van der Waals surface area contributed by atoms with Crippen molar-refractivity contribution in [2.24, 2.45) is 0 Å². The Morgan fingerprint density at radius 2 is 1.71 bits per heavy atom. The second kappa shape index (κ2) is 8.31. The topological polar surface area (TPSA) is 54.0 Å². The quantitative estimate of drug-likeness (QED) is 0.514. The Morgan fingerprint density at radius 3 is 2.39 bits per heavy atom. The fourth-order valence-corrected chi connectivity index (χ4v) is 3.27. The molecule has 2 heterocycles. The molecule has 0 aliphatic rings. The molecule has 0 saturated carbocycles. The van der Waals surface area contributed by atoms with E-state index in [1.807, 2.05) is 50.5 Å². The summed E-state index contributed by atoms with van der Waals surface area (Å²) in [5, 5.41) is 0. The zero-order valence-corrected chi connectivity index (χ0v) is 17.0. The van der Waals surface area contributed by atoms with Crippen molar-refractivity contribution in [3.63, 3.8) is 0 Å². The van der Waals surface area contributed by atoms with Crippen LogP contribution in [0.15, 0.2) is 60.8 Å². The molecule has 28 heavy (non-hydrogen) atoms. The molecule has 0 aliphatic heterocycles. The van der Waals surface area contributed by atoms with E-state index in [9.17, 15) is 0 Å². The third-order valence-corrected chi connectivity index (χ3v) is 4.71. The maximum Gasteiger partial charge on any atom is 0.160 e. The van der Waals surface area contributed by atoms with E-state index in [0.717, 1.165) is 40.5 Å². The molecule has 0 saturated heterocycles. The van der Waals surface area contributed by atoms with Crippen LogP contribution >= 0.6 is 12.4 Å². The summed E-state index contributed by atoms with van der Waals surface area (Å²) in [7, 11) is 3.68. The number of anilines is 2. The lowest BCUT2D eigenvalue weighted by Gasteiger charge is -2.19. The van der Waals surface area contributed by atoms with Gasteiger partial charge in [0.1, 0.15) is 17.1 Å². The molecule has 6 heteroatoms. The van der Waals surface area contributed by atoms with Crippen LogP contribution in [-0.4, -0.2) is 29.1 Å². The van der Waals surface area contributed by atoms with Gasteiger partial charge in [0, 0.05) is 30.9 Å². The number of H-pyrrole nitrogens is 1. The number of methoxy groups -OCH3 is 1. The predicted molar refractivity (Wildman–Crippen MR) is 116 cm³/mol. The number of nitrogens with one attached hydrogen (secondary N) is 1. The van der Waals surface area contributed by atoms with Crippen LogP contribution in [0.3, 0.4) is 0 Å². The van der Waals surface area contributed by atoms with E-state index < -0.39 is 0 Å². The standard InChI is InChI=1S/C22H22N4O.ClH/c1-15-24-20-17(13-16-7-5-4-6-8-16)14-23-21(20)22(25-15)26(2)18-9-11-19(27-3)12-10-18;/h4-12,14,23H,13H2,1-3H3;1H. The lowest BCUT2D eigenvalue weighted by atomic mass is 10.1. The van der Waals surface area contributed by atoms with Crippen LogP contribution in [0.1, 0.15) is 17.0 Å². The highest BCUT2D eigenvalue weighted by Crippen LogP contribution is 2.31. The zero-order valence-electron chi connectivity index (χ0n) is 16.1. The average molecular weight is 395 g/mol. The Hall–Kier alpha value is -3.05. The van der Waals surface area contributed by atoms with E-state index in [1.165, 1.54) is 11.1 Å². The Bertz CT molecular complexity index is 1060. The van der Waals surface area contributed by atoms with Gasteiger partial charge in [-0.2, -0.15) is 0 Å². The first kappa shape index (κ1) is 19.7. The van der Waals surface area contributed by atoms with Crippen LogP contribution < -0.4 is 9.64 Å². The van der Waals surface area contributed by atoms with E-state index >= 15 is 0 Å². The van der Waals surface area contributed by atoms with Gasteiger partial charge < -0.3 is 14.6 Å². The molecule has 0 aliphatic carbocycles. The molecule has 0 spiro atoms. The van der Waals surface area contributed by atoms with E-state index in [0.29, 0.717) is 0 Å². The van der Waals surface area contributed by atoms with Crippen molar-refractivity contribution in [3.8, 4) is 5.75 Å². The largest absolute Gasteiger partial charge is 0.497 e. The van der Waals surface area contributed by atoms with Crippen LogP contribution in [-0.2, 0) is 6.42 Å². The second-order valence-corrected chi connectivity index (χ2v) is 6.55. The molecular formula is C22H23ClN4O. The monoisotopic (exact) mass is 394 g/mol. The highest BCUT2D eigenvalue weighted by molar-refractivity contribution is 5.91. The van der Waals surface area contributed by atoms with Crippen molar-refractivity contribution in [2.75, 3.05) is 19.1 Å². The van der Waals surface area contributed by atoms with Gasteiger partial charge in [-0.3, -0.25) is 0 Å². The van der Waals surface area contributed by atoms with E-state index in [-0.39, 0.29) is 12.4 Å². The van der Waals surface area contributed by atoms with Crippen molar-refractivity contribution in [3.05, 3.63) is 77.7 Å². The van der Waals surface area contributed by atoms with Crippen LogP contribution in [0.2, 0.25) is 0 Å². The van der Waals surface area contributed by atoms with Gasteiger partial charge in [-0.1, -0.05) is 30.3 Å². The number of hydrogen-bond acceptors (Lipinski definition) is 4. The summed E-state index contributed by atoms with van der Waals surface area (Å²) >= 11 is 0. The smallest absolute Gasteiger partial charge is 0.160 e.